The quantitative estimate of drug-likeness (QED) is 0.717. The fourth-order valence-electron chi connectivity index (χ4n) is 1.64. The third-order valence-electron chi connectivity index (χ3n) is 2.55. The van der Waals surface area contributed by atoms with Gasteiger partial charge in [-0.3, -0.25) is 4.79 Å². The first-order valence-corrected chi connectivity index (χ1v) is 5.83. The predicted octanol–water partition coefficient (Wildman–Crippen LogP) is 2.53. The van der Waals surface area contributed by atoms with Crippen LogP contribution in [-0.4, -0.2) is 19.0 Å². The van der Waals surface area contributed by atoms with Crippen LogP contribution in [0.4, 0.5) is 0 Å². The van der Waals surface area contributed by atoms with Crippen LogP contribution in [0.1, 0.15) is 27.9 Å². The Morgan fingerprint density at radius 3 is 3.07 bits per heavy atom. The number of aryl methyl sites for hydroxylation is 1. The number of carbonyl (C=O) groups is 1. The van der Waals surface area contributed by atoms with Crippen molar-refractivity contribution in [2.24, 2.45) is 5.92 Å². The Morgan fingerprint density at radius 2 is 2.50 bits per heavy atom. The number of rotatable bonds is 3. The van der Waals surface area contributed by atoms with Crippen LogP contribution in [-0.2, 0) is 11.2 Å². The molecule has 14 heavy (non-hydrogen) atoms. The minimum Gasteiger partial charge on any atom is -0.381 e. The van der Waals surface area contributed by atoms with Crippen molar-refractivity contribution in [3.8, 4) is 0 Å². The molecule has 2 rings (SSSR count). The van der Waals surface area contributed by atoms with E-state index in [0.717, 1.165) is 24.3 Å². The van der Waals surface area contributed by atoms with E-state index in [0.29, 0.717) is 6.61 Å². The molecule has 3 heteroatoms. The summed E-state index contributed by atoms with van der Waals surface area (Å²) in [6, 6.07) is 4.00. The van der Waals surface area contributed by atoms with Crippen LogP contribution in [0.15, 0.2) is 12.1 Å². The highest BCUT2D eigenvalue weighted by Gasteiger charge is 2.25. The molecule has 0 spiro atoms. The Hall–Kier alpha value is -0.670. The Bertz CT molecular complexity index is 324. The lowest BCUT2D eigenvalue weighted by Gasteiger charge is -2.02. The van der Waals surface area contributed by atoms with E-state index in [-0.39, 0.29) is 11.7 Å². The lowest BCUT2D eigenvalue weighted by Crippen LogP contribution is -2.12. The highest BCUT2D eigenvalue weighted by Crippen LogP contribution is 2.24. The summed E-state index contributed by atoms with van der Waals surface area (Å²) in [5, 5.41) is 0. The molecule has 2 nitrogen and oxygen atoms in total. The first-order chi connectivity index (χ1) is 6.81. The van der Waals surface area contributed by atoms with Gasteiger partial charge in [-0.25, -0.2) is 0 Å². The molecule has 76 valence electrons. The van der Waals surface area contributed by atoms with Crippen LogP contribution in [0, 0.1) is 5.92 Å². The Kier molecular flexibility index (Phi) is 2.99. The van der Waals surface area contributed by atoms with Gasteiger partial charge in [0.1, 0.15) is 0 Å². The topological polar surface area (TPSA) is 26.3 Å². The molecule has 1 saturated heterocycles. The van der Waals surface area contributed by atoms with Crippen LogP contribution < -0.4 is 0 Å². The molecule has 1 aromatic heterocycles. The van der Waals surface area contributed by atoms with Crippen LogP contribution in [0.2, 0.25) is 0 Å². The van der Waals surface area contributed by atoms with E-state index in [4.69, 9.17) is 4.74 Å². The van der Waals surface area contributed by atoms with Crippen molar-refractivity contribution in [2.75, 3.05) is 13.2 Å². The Balaban J connectivity index is 2.09. The second-order valence-corrected chi connectivity index (χ2v) is 4.71. The highest BCUT2D eigenvalue weighted by molar-refractivity contribution is 7.14. The van der Waals surface area contributed by atoms with Gasteiger partial charge in [0.2, 0.25) is 0 Å². The largest absolute Gasteiger partial charge is 0.381 e. The number of thiophene rings is 1. The van der Waals surface area contributed by atoms with E-state index in [9.17, 15) is 4.79 Å². The number of hydrogen-bond acceptors (Lipinski definition) is 3. The van der Waals surface area contributed by atoms with Gasteiger partial charge in [0.05, 0.1) is 11.5 Å². The maximum Gasteiger partial charge on any atom is 0.178 e. The number of Topliss-reactive ketones (excluding diaryl/α,β-unsaturated/α-hetero) is 1. The number of carbonyl (C=O) groups excluding carboxylic acids is 1. The molecule has 0 bridgehead atoms. The summed E-state index contributed by atoms with van der Waals surface area (Å²) in [4.78, 5) is 14.1. The lowest BCUT2D eigenvalue weighted by atomic mass is 10.0. The summed E-state index contributed by atoms with van der Waals surface area (Å²) in [5.74, 6) is 0.380. The molecule has 2 heterocycles. The van der Waals surface area contributed by atoms with Crippen molar-refractivity contribution in [3.05, 3.63) is 21.9 Å². The molecule has 1 aliphatic rings. The summed E-state index contributed by atoms with van der Waals surface area (Å²) in [6.45, 7) is 3.46. The first kappa shape index (κ1) is 9.87. The maximum atomic E-state index is 11.9. The Morgan fingerprint density at radius 1 is 1.64 bits per heavy atom. The van der Waals surface area contributed by atoms with Gasteiger partial charge in [0.15, 0.2) is 5.78 Å². The molecule has 0 aliphatic carbocycles. The average Bonchev–Trinajstić information content (AvgIpc) is 2.88. The van der Waals surface area contributed by atoms with Gasteiger partial charge in [0, 0.05) is 17.4 Å². The zero-order chi connectivity index (χ0) is 9.97. The SMILES string of the molecule is CCc1ccc(C(=O)C2CCOC2)s1. The molecule has 1 unspecified atom stereocenters. The van der Waals surface area contributed by atoms with Gasteiger partial charge in [-0.15, -0.1) is 11.3 Å². The highest BCUT2D eigenvalue weighted by atomic mass is 32.1. The van der Waals surface area contributed by atoms with Gasteiger partial charge >= 0.3 is 0 Å². The molecule has 1 atom stereocenters. The molecule has 1 aliphatic heterocycles. The summed E-state index contributed by atoms with van der Waals surface area (Å²) in [6.07, 6.45) is 1.90. The molecule has 0 amide bonds. The third-order valence-corrected chi connectivity index (χ3v) is 3.80. The van der Waals surface area contributed by atoms with Gasteiger partial charge in [-0.1, -0.05) is 6.92 Å². The smallest absolute Gasteiger partial charge is 0.178 e. The maximum absolute atomic E-state index is 11.9. The van der Waals surface area contributed by atoms with Crippen LogP contribution in [0.25, 0.3) is 0 Å². The monoisotopic (exact) mass is 210 g/mol. The van der Waals surface area contributed by atoms with E-state index in [1.54, 1.807) is 11.3 Å². The zero-order valence-electron chi connectivity index (χ0n) is 8.29. The average molecular weight is 210 g/mol. The minimum absolute atomic E-state index is 0.110. The Labute approximate surface area is 87.9 Å². The second-order valence-electron chi connectivity index (χ2n) is 3.54. The van der Waals surface area contributed by atoms with E-state index < -0.39 is 0 Å². The van der Waals surface area contributed by atoms with Crippen LogP contribution in [0.3, 0.4) is 0 Å². The normalized spacial score (nSPS) is 21.4. The van der Waals surface area contributed by atoms with Crippen molar-refractivity contribution < 1.29 is 9.53 Å². The molecule has 1 aromatic rings. The van der Waals surface area contributed by atoms with E-state index in [2.05, 4.69) is 6.92 Å². The minimum atomic E-state index is 0.110. The number of ketones is 1. The predicted molar refractivity (Wildman–Crippen MR) is 57.0 cm³/mol. The molecular weight excluding hydrogens is 196 g/mol. The summed E-state index contributed by atoms with van der Waals surface area (Å²) in [5.41, 5.74) is 0. The van der Waals surface area contributed by atoms with Gasteiger partial charge < -0.3 is 4.74 Å². The van der Waals surface area contributed by atoms with Gasteiger partial charge in [0.25, 0.3) is 0 Å². The summed E-state index contributed by atoms with van der Waals surface area (Å²) >= 11 is 1.62. The third kappa shape index (κ3) is 1.88. The number of hydrogen-bond donors (Lipinski definition) is 0. The van der Waals surface area contributed by atoms with Crippen molar-refractivity contribution in [2.45, 2.75) is 19.8 Å². The summed E-state index contributed by atoms with van der Waals surface area (Å²) in [7, 11) is 0. The fraction of sp³-hybridized carbons (Fsp3) is 0.545. The van der Waals surface area contributed by atoms with Crippen molar-refractivity contribution in [1.29, 1.82) is 0 Å². The fourth-order valence-corrected chi connectivity index (χ4v) is 2.61. The molecule has 0 aromatic carbocycles. The molecule has 0 radical (unpaired) electrons. The van der Waals surface area contributed by atoms with Crippen LogP contribution >= 0.6 is 11.3 Å². The van der Waals surface area contributed by atoms with Crippen molar-refractivity contribution in [1.82, 2.24) is 0 Å². The second kappa shape index (κ2) is 4.24. The van der Waals surface area contributed by atoms with E-state index in [1.165, 1.54) is 4.88 Å². The van der Waals surface area contributed by atoms with E-state index in [1.807, 2.05) is 12.1 Å². The van der Waals surface area contributed by atoms with Gasteiger partial charge in [-0.2, -0.15) is 0 Å². The lowest BCUT2D eigenvalue weighted by molar-refractivity contribution is 0.0904. The van der Waals surface area contributed by atoms with E-state index >= 15 is 0 Å². The van der Waals surface area contributed by atoms with Crippen molar-refractivity contribution >= 4 is 17.1 Å². The summed E-state index contributed by atoms with van der Waals surface area (Å²) < 4.78 is 5.22. The van der Waals surface area contributed by atoms with Crippen LogP contribution in [0.5, 0.6) is 0 Å². The molecule has 0 N–H and O–H groups in total. The standard InChI is InChI=1S/C11H14O2S/c1-2-9-3-4-10(14-9)11(12)8-5-6-13-7-8/h3-4,8H,2,5-7H2,1H3. The van der Waals surface area contributed by atoms with Crippen molar-refractivity contribution in [3.63, 3.8) is 0 Å². The molecular formula is C11H14O2S. The van der Waals surface area contributed by atoms with Gasteiger partial charge in [-0.05, 0) is 25.0 Å². The number of ether oxygens (including phenoxy) is 1. The first-order valence-electron chi connectivity index (χ1n) is 5.02. The zero-order valence-corrected chi connectivity index (χ0v) is 9.10. The molecule has 0 saturated carbocycles. The molecule has 1 fully saturated rings.